The van der Waals surface area contributed by atoms with Gasteiger partial charge in [-0.3, -0.25) is 10.00 Å². The van der Waals surface area contributed by atoms with E-state index in [2.05, 4.69) is 45.5 Å². The molecule has 23 heavy (non-hydrogen) atoms. The predicted molar refractivity (Wildman–Crippen MR) is 91.6 cm³/mol. The van der Waals surface area contributed by atoms with Gasteiger partial charge < -0.3 is 10.1 Å². The second-order valence-electron chi connectivity index (χ2n) is 6.15. The molecule has 1 aliphatic rings. The third kappa shape index (κ3) is 3.74. The van der Waals surface area contributed by atoms with E-state index in [1.807, 2.05) is 12.3 Å². The van der Waals surface area contributed by atoms with Crippen molar-refractivity contribution in [3.63, 3.8) is 0 Å². The van der Waals surface area contributed by atoms with Gasteiger partial charge in [-0.1, -0.05) is 18.2 Å². The van der Waals surface area contributed by atoms with Crippen molar-refractivity contribution in [2.75, 3.05) is 26.7 Å². The lowest BCUT2D eigenvalue weighted by molar-refractivity contribution is 0.232. The van der Waals surface area contributed by atoms with Crippen LogP contribution in [0.25, 0.3) is 0 Å². The van der Waals surface area contributed by atoms with Crippen molar-refractivity contribution in [3.05, 3.63) is 47.3 Å². The molecule has 0 aliphatic carbocycles. The Balaban J connectivity index is 1.72. The average Bonchev–Trinajstić information content (AvgIpc) is 3.24. The summed E-state index contributed by atoms with van der Waals surface area (Å²) in [6.45, 7) is 6.12. The molecule has 2 aromatic rings. The Labute approximate surface area is 138 Å². The number of rotatable bonds is 7. The zero-order valence-electron chi connectivity index (χ0n) is 14.0. The lowest BCUT2D eigenvalue weighted by atomic mass is 10.0. The number of aryl methyl sites for hydroxylation is 1. The summed E-state index contributed by atoms with van der Waals surface area (Å²) >= 11 is 0. The third-order valence-corrected chi connectivity index (χ3v) is 4.67. The molecule has 5 heteroatoms. The minimum absolute atomic E-state index is 0.348. The summed E-state index contributed by atoms with van der Waals surface area (Å²) < 4.78 is 5.59. The Kier molecular flexibility index (Phi) is 5.31. The van der Waals surface area contributed by atoms with Gasteiger partial charge in [0.1, 0.15) is 5.75 Å². The van der Waals surface area contributed by atoms with Crippen molar-refractivity contribution in [2.24, 2.45) is 0 Å². The van der Waals surface area contributed by atoms with Crippen LogP contribution in [0, 0.1) is 6.92 Å². The molecule has 3 rings (SSSR count). The molecule has 0 amide bonds. The van der Waals surface area contributed by atoms with E-state index in [-0.39, 0.29) is 0 Å². The van der Waals surface area contributed by atoms with Crippen molar-refractivity contribution in [3.8, 4) is 5.75 Å². The van der Waals surface area contributed by atoms with Crippen LogP contribution in [0.15, 0.2) is 30.5 Å². The molecule has 2 heterocycles. The molecule has 0 saturated carbocycles. The van der Waals surface area contributed by atoms with Crippen molar-refractivity contribution in [1.82, 2.24) is 20.4 Å². The Morgan fingerprint density at radius 3 is 2.78 bits per heavy atom. The van der Waals surface area contributed by atoms with Gasteiger partial charge in [0.15, 0.2) is 0 Å². The van der Waals surface area contributed by atoms with Crippen LogP contribution in [0.4, 0.5) is 0 Å². The van der Waals surface area contributed by atoms with Crippen LogP contribution in [-0.4, -0.2) is 41.8 Å². The summed E-state index contributed by atoms with van der Waals surface area (Å²) in [5.41, 5.74) is 3.63. The number of aromatic nitrogens is 2. The van der Waals surface area contributed by atoms with Crippen LogP contribution in [0.3, 0.4) is 0 Å². The molecular formula is C18H26N4O. The van der Waals surface area contributed by atoms with E-state index >= 15 is 0 Å². The normalized spacial score (nSPS) is 16.6. The Morgan fingerprint density at radius 2 is 2.09 bits per heavy atom. The number of H-pyrrole nitrogens is 1. The van der Waals surface area contributed by atoms with Gasteiger partial charge in [-0.2, -0.15) is 5.10 Å². The van der Waals surface area contributed by atoms with Crippen LogP contribution in [-0.2, 0) is 6.54 Å². The molecule has 1 aliphatic heterocycles. The van der Waals surface area contributed by atoms with Gasteiger partial charge in [-0.25, -0.2) is 0 Å². The first-order valence-corrected chi connectivity index (χ1v) is 8.36. The lowest BCUT2D eigenvalue weighted by Crippen LogP contribution is -2.34. The molecular weight excluding hydrogens is 288 g/mol. The molecule has 1 aromatic heterocycles. The van der Waals surface area contributed by atoms with Crippen molar-refractivity contribution in [1.29, 1.82) is 0 Å². The monoisotopic (exact) mass is 314 g/mol. The molecule has 2 N–H and O–H groups in total. The maximum absolute atomic E-state index is 5.59. The number of likely N-dealkylation sites (tertiary alicyclic amines) is 1. The van der Waals surface area contributed by atoms with Gasteiger partial charge in [-0.05, 0) is 38.9 Å². The maximum atomic E-state index is 5.59. The van der Waals surface area contributed by atoms with E-state index < -0.39 is 0 Å². The average molecular weight is 314 g/mol. The second-order valence-corrected chi connectivity index (χ2v) is 6.15. The molecule has 1 aromatic carbocycles. The van der Waals surface area contributed by atoms with Crippen molar-refractivity contribution < 1.29 is 4.74 Å². The number of hydrogen-bond donors (Lipinski definition) is 2. The number of para-hydroxylation sites is 1. The van der Waals surface area contributed by atoms with Crippen LogP contribution in [0.5, 0.6) is 5.75 Å². The highest BCUT2D eigenvalue weighted by molar-refractivity contribution is 5.36. The zero-order valence-corrected chi connectivity index (χ0v) is 14.0. The SMILES string of the molecule is COc1ccccc1[C@H](CNCc1cn[nH]c1C)N1CCCC1. The van der Waals surface area contributed by atoms with Crippen LogP contribution in [0.2, 0.25) is 0 Å². The molecule has 124 valence electrons. The highest BCUT2D eigenvalue weighted by Crippen LogP contribution is 2.31. The smallest absolute Gasteiger partial charge is 0.123 e. The van der Waals surface area contributed by atoms with E-state index in [1.165, 1.54) is 24.0 Å². The number of hydrogen-bond acceptors (Lipinski definition) is 4. The van der Waals surface area contributed by atoms with E-state index in [9.17, 15) is 0 Å². The number of ether oxygens (including phenoxy) is 1. The van der Waals surface area contributed by atoms with Gasteiger partial charge in [0.05, 0.1) is 19.3 Å². The standard InChI is InChI=1S/C18H26N4O/c1-14-15(12-20-21-14)11-19-13-17(22-9-5-6-10-22)16-7-3-4-8-18(16)23-2/h3-4,7-8,12,17,19H,5-6,9-11,13H2,1-2H3,(H,20,21)/t17-/m0/s1. The summed E-state index contributed by atoms with van der Waals surface area (Å²) in [6.07, 6.45) is 4.47. The zero-order chi connectivity index (χ0) is 16.1. The van der Waals surface area contributed by atoms with Gasteiger partial charge in [0.2, 0.25) is 0 Å². The molecule has 0 bridgehead atoms. The van der Waals surface area contributed by atoms with Gasteiger partial charge in [0.25, 0.3) is 0 Å². The van der Waals surface area contributed by atoms with E-state index in [4.69, 9.17) is 4.74 Å². The van der Waals surface area contributed by atoms with Crippen molar-refractivity contribution in [2.45, 2.75) is 32.4 Å². The Morgan fingerprint density at radius 1 is 1.30 bits per heavy atom. The van der Waals surface area contributed by atoms with E-state index in [1.54, 1.807) is 7.11 Å². The summed E-state index contributed by atoms with van der Waals surface area (Å²) in [6, 6.07) is 8.72. The van der Waals surface area contributed by atoms with E-state index in [0.29, 0.717) is 6.04 Å². The summed E-state index contributed by atoms with van der Waals surface area (Å²) in [5, 5.41) is 10.7. The fraction of sp³-hybridized carbons (Fsp3) is 0.500. The highest BCUT2D eigenvalue weighted by atomic mass is 16.5. The quantitative estimate of drug-likeness (QED) is 0.825. The minimum Gasteiger partial charge on any atom is -0.496 e. The maximum Gasteiger partial charge on any atom is 0.123 e. The van der Waals surface area contributed by atoms with Gasteiger partial charge in [0, 0.05) is 29.9 Å². The number of aromatic amines is 1. The Hall–Kier alpha value is -1.85. The number of nitrogens with one attached hydrogen (secondary N) is 2. The van der Waals surface area contributed by atoms with Crippen LogP contribution in [0.1, 0.15) is 35.7 Å². The third-order valence-electron chi connectivity index (χ3n) is 4.67. The lowest BCUT2D eigenvalue weighted by Gasteiger charge is -2.29. The molecule has 1 fully saturated rings. The van der Waals surface area contributed by atoms with Gasteiger partial charge in [-0.15, -0.1) is 0 Å². The number of benzene rings is 1. The molecule has 1 saturated heterocycles. The second kappa shape index (κ2) is 7.62. The fourth-order valence-corrected chi connectivity index (χ4v) is 3.33. The number of methoxy groups -OCH3 is 1. The molecule has 0 unspecified atom stereocenters. The van der Waals surface area contributed by atoms with Crippen LogP contribution < -0.4 is 10.1 Å². The van der Waals surface area contributed by atoms with Crippen molar-refractivity contribution >= 4 is 0 Å². The summed E-state index contributed by atoms with van der Waals surface area (Å²) in [5.74, 6) is 0.977. The number of nitrogens with zero attached hydrogens (tertiary/aromatic N) is 2. The minimum atomic E-state index is 0.348. The molecule has 5 nitrogen and oxygen atoms in total. The highest BCUT2D eigenvalue weighted by Gasteiger charge is 2.25. The predicted octanol–water partition coefficient (Wildman–Crippen LogP) is 2.65. The topological polar surface area (TPSA) is 53.2 Å². The summed E-state index contributed by atoms with van der Waals surface area (Å²) in [7, 11) is 1.75. The largest absolute Gasteiger partial charge is 0.496 e. The molecule has 0 radical (unpaired) electrons. The Bertz CT molecular complexity index is 619. The first-order valence-electron chi connectivity index (χ1n) is 8.36. The van der Waals surface area contributed by atoms with Gasteiger partial charge >= 0.3 is 0 Å². The molecule has 0 spiro atoms. The van der Waals surface area contributed by atoms with Crippen LogP contribution >= 0.6 is 0 Å². The fourth-order valence-electron chi connectivity index (χ4n) is 3.33. The first-order chi connectivity index (χ1) is 11.3. The molecule has 1 atom stereocenters. The summed E-state index contributed by atoms with van der Waals surface area (Å²) in [4.78, 5) is 2.56. The van der Waals surface area contributed by atoms with E-state index in [0.717, 1.165) is 37.6 Å². The first kappa shape index (κ1) is 16.0.